The maximum Gasteiger partial charge on any atom is 0.332 e. The number of nitrogens with zero attached hydrogens (tertiary/aromatic N) is 1. The Balaban J connectivity index is 1.68. The summed E-state index contributed by atoms with van der Waals surface area (Å²) in [6.07, 6.45) is 1.02. The second-order valence-electron chi connectivity index (χ2n) is 5.96. The predicted octanol–water partition coefficient (Wildman–Crippen LogP) is 1.72. The van der Waals surface area contributed by atoms with E-state index in [1.165, 1.54) is 0 Å². The van der Waals surface area contributed by atoms with Crippen LogP contribution in [-0.2, 0) is 25.7 Å². The molecule has 0 bridgehead atoms. The number of ether oxygens (including phenoxy) is 2. The minimum absolute atomic E-state index is 0.111. The number of carbonyl (C=O) groups excluding carboxylic acids is 1. The number of carboxylic acid groups (broad SMARTS) is 1. The highest BCUT2D eigenvalue weighted by Gasteiger charge is 2.41. The summed E-state index contributed by atoms with van der Waals surface area (Å²) in [7, 11) is 1.60. The molecule has 0 aliphatic carbocycles. The largest absolute Gasteiger partial charge is 0.479 e. The predicted molar refractivity (Wildman–Crippen MR) is 78.6 cm³/mol. The van der Waals surface area contributed by atoms with E-state index in [1.54, 1.807) is 12.0 Å². The normalized spacial score (nSPS) is 27.5. The zero-order valence-electron chi connectivity index (χ0n) is 13.1. The molecule has 1 amide bonds. The minimum Gasteiger partial charge on any atom is -0.479 e. The first-order valence-electron chi connectivity index (χ1n) is 7.86. The van der Waals surface area contributed by atoms with E-state index in [-0.39, 0.29) is 11.9 Å². The Labute approximate surface area is 134 Å². The van der Waals surface area contributed by atoms with Gasteiger partial charge in [-0.15, -0.1) is 0 Å². The zero-order chi connectivity index (χ0) is 16.4. The van der Waals surface area contributed by atoms with Crippen LogP contribution in [0.2, 0.25) is 0 Å². The molecule has 1 aromatic rings. The van der Waals surface area contributed by atoms with Crippen LogP contribution in [0.3, 0.4) is 0 Å². The molecular weight excluding hydrogens is 302 g/mol. The molecule has 0 aromatic carbocycles. The lowest BCUT2D eigenvalue weighted by molar-refractivity contribution is -0.155. The van der Waals surface area contributed by atoms with Gasteiger partial charge in [-0.25, -0.2) is 4.79 Å². The first kappa shape index (κ1) is 16.0. The molecule has 3 atom stereocenters. The van der Waals surface area contributed by atoms with Crippen molar-refractivity contribution in [3.63, 3.8) is 0 Å². The molecule has 2 aliphatic heterocycles. The number of rotatable bonds is 5. The van der Waals surface area contributed by atoms with Crippen molar-refractivity contribution >= 4 is 11.9 Å². The number of carbonyl (C=O) groups is 2. The molecule has 1 N–H and O–H groups in total. The smallest absolute Gasteiger partial charge is 0.332 e. The summed E-state index contributed by atoms with van der Waals surface area (Å²) in [6, 6.07) is 3.62. The first-order chi connectivity index (χ1) is 11.1. The van der Waals surface area contributed by atoms with Crippen molar-refractivity contribution < 1.29 is 28.6 Å². The van der Waals surface area contributed by atoms with Crippen molar-refractivity contribution in [2.45, 2.75) is 50.5 Å². The van der Waals surface area contributed by atoms with Crippen molar-refractivity contribution in [3.05, 3.63) is 23.7 Å². The number of carboxylic acids is 1. The Morgan fingerprint density at radius 2 is 2.09 bits per heavy atom. The maximum atomic E-state index is 12.7. The molecule has 0 radical (unpaired) electrons. The van der Waals surface area contributed by atoms with Gasteiger partial charge in [-0.3, -0.25) is 4.79 Å². The summed E-state index contributed by atoms with van der Waals surface area (Å²) >= 11 is 0. The van der Waals surface area contributed by atoms with E-state index in [4.69, 9.17) is 19.0 Å². The van der Waals surface area contributed by atoms with Gasteiger partial charge >= 0.3 is 5.97 Å². The van der Waals surface area contributed by atoms with E-state index in [9.17, 15) is 9.59 Å². The summed E-state index contributed by atoms with van der Waals surface area (Å²) in [4.78, 5) is 25.4. The second kappa shape index (κ2) is 6.72. The van der Waals surface area contributed by atoms with Gasteiger partial charge in [0.2, 0.25) is 0 Å². The third-order valence-corrected chi connectivity index (χ3v) is 4.40. The SMILES string of the molecule is COCc1ccc(C2CCCN2C(=O)[C@@H]2CC[C@H](C(=O)O)O2)o1. The van der Waals surface area contributed by atoms with Crippen LogP contribution in [0.25, 0.3) is 0 Å². The van der Waals surface area contributed by atoms with Gasteiger partial charge in [-0.2, -0.15) is 0 Å². The lowest BCUT2D eigenvalue weighted by Crippen LogP contribution is -2.39. The molecule has 126 valence electrons. The highest BCUT2D eigenvalue weighted by atomic mass is 16.5. The van der Waals surface area contributed by atoms with Gasteiger partial charge in [-0.1, -0.05) is 0 Å². The Bertz CT molecular complexity index is 583. The molecule has 7 heteroatoms. The molecule has 1 unspecified atom stereocenters. The monoisotopic (exact) mass is 323 g/mol. The van der Waals surface area contributed by atoms with Crippen molar-refractivity contribution in [3.8, 4) is 0 Å². The fraction of sp³-hybridized carbons (Fsp3) is 0.625. The fourth-order valence-electron chi connectivity index (χ4n) is 3.31. The van der Waals surface area contributed by atoms with Gasteiger partial charge in [-0.05, 0) is 37.8 Å². The first-order valence-corrected chi connectivity index (χ1v) is 7.86. The van der Waals surface area contributed by atoms with E-state index in [1.807, 2.05) is 12.1 Å². The number of methoxy groups -OCH3 is 1. The number of aliphatic carboxylic acids is 1. The average Bonchev–Trinajstić information content (AvgIpc) is 3.26. The van der Waals surface area contributed by atoms with Crippen LogP contribution in [0.5, 0.6) is 0 Å². The highest BCUT2D eigenvalue weighted by molar-refractivity contribution is 5.83. The fourth-order valence-corrected chi connectivity index (χ4v) is 3.31. The van der Waals surface area contributed by atoms with E-state index >= 15 is 0 Å². The molecule has 3 rings (SSSR count). The van der Waals surface area contributed by atoms with Crippen molar-refractivity contribution in [1.29, 1.82) is 0 Å². The van der Waals surface area contributed by atoms with E-state index in [0.717, 1.165) is 24.4 Å². The Hall–Kier alpha value is -1.86. The minimum atomic E-state index is -1.01. The van der Waals surface area contributed by atoms with E-state index in [0.29, 0.717) is 26.0 Å². The van der Waals surface area contributed by atoms with Crippen LogP contribution in [0.4, 0.5) is 0 Å². The van der Waals surface area contributed by atoms with E-state index in [2.05, 4.69) is 0 Å². The van der Waals surface area contributed by atoms with Gasteiger partial charge in [0.25, 0.3) is 5.91 Å². The van der Waals surface area contributed by atoms with Crippen LogP contribution < -0.4 is 0 Å². The van der Waals surface area contributed by atoms with E-state index < -0.39 is 18.2 Å². The quantitative estimate of drug-likeness (QED) is 0.887. The summed E-state index contributed by atoms with van der Waals surface area (Å²) in [5.74, 6) is 0.329. The van der Waals surface area contributed by atoms with Crippen LogP contribution in [0.15, 0.2) is 16.5 Å². The Morgan fingerprint density at radius 3 is 2.78 bits per heavy atom. The van der Waals surface area contributed by atoms with Gasteiger partial charge in [0.15, 0.2) is 6.10 Å². The topological polar surface area (TPSA) is 89.2 Å². The van der Waals surface area contributed by atoms with Crippen LogP contribution in [-0.4, -0.2) is 47.7 Å². The van der Waals surface area contributed by atoms with Crippen molar-refractivity contribution in [2.24, 2.45) is 0 Å². The molecule has 2 saturated heterocycles. The molecule has 3 heterocycles. The molecule has 23 heavy (non-hydrogen) atoms. The summed E-state index contributed by atoms with van der Waals surface area (Å²) < 4.78 is 16.2. The second-order valence-corrected chi connectivity index (χ2v) is 5.96. The van der Waals surface area contributed by atoms with Crippen LogP contribution in [0, 0.1) is 0 Å². The number of furan rings is 1. The summed E-state index contributed by atoms with van der Waals surface area (Å²) in [6.45, 7) is 1.04. The van der Waals surface area contributed by atoms with Crippen LogP contribution in [0.1, 0.15) is 43.2 Å². The van der Waals surface area contributed by atoms with Crippen LogP contribution >= 0.6 is 0 Å². The standard InChI is InChI=1S/C16H21NO6/c1-21-9-10-4-5-12(22-10)11-3-2-8-17(11)15(18)13-6-7-14(23-13)16(19)20/h4-5,11,13-14H,2-3,6-9H2,1H3,(H,19,20)/t11?,13-,14+/m0/s1. The summed E-state index contributed by atoms with van der Waals surface area (Å²) in [5.41, 5.74) is 0. The zero-order valence-corrected chi connectivity index (χ0v) is 13.1. The third-order valence-electron chi connectivity index (χ3n) is 4.40. The molecule has 0 saturated carbocycles. The molecule has 2 aliphatic rings. The van der Waals surface area contributed by atoms with Crippen molar-refractivity contribution in [1.82, 2.24) is 4.90 Å². The number of likely N-dealkylation sites (tertiary alicyclic amines) is 1. The Kier molecular flexibility index (Phi) is 4.68. The molecule has 1 aromatic heterocycles. The van der Waals surface area contributed by atoms with Crippen molar-refractivity contribution in [2.75, 3.05) is 13.7 Å². The molecule has 0 spiro atoms. The molecular formula is C16H21NO6. The Morgan fingerprint density at radius 1 is 1.30 bits per heavy atom. The van der Waals surface area contributed by atoms with Gasteiger partial charge in [0, 0.05) is 13.7 Å². The number of hydrogen-bond donors (Lipinski definition) is 1. The molecule has 2 fully saturated rings. The van der Waals surface area contributed by atoms with Gasteiger partial charge in [0.1, 0.15) is 24.2 Å². The third kappa shape index (κ3) is 3.25. The van der Waals surface area contributed by atoms with Gasteiger partial charge in [0.05, 0.1) is 6.04 Å². The lowest BCUT2D eigenvalue weighted by Gasteiger charge is -2.26. The number of amides is 1. The highest BCUT2D eigenvalue weighted by Crippen LogP contribution is 2.35. The molecule has 7 nitrogen and oxygen atoms in total. The summed E-state index contributed by atoms with van der Waals surface area (Å²) in [5, 5.41) is 8.98. The van der Waals surface area contributed by atoms with Gasteiger partial charge < -0.3 is 23.9 Å². The lowest BCUT2D eigenvalue weighted by atomic mass is 10.1. The number of hydrogen-bond acceptors (Lipinski definition) is 5. The maximum absolute atomic E-state index is 12.7. The average molecular weight is 323 g/mol.